The molecule has 104 valence electrons. The highest BCUT2D eigenvalue weighted by molar-refractivity contribution is 7.07. The molecule has 2 rings (SSSR count). The van der Waals surface area contributed by atoms with Crippen LogP contribution < -0.4 is 10.6 Å². The molecule has 0 spiro atoms. The van der Waals surface area contributed by atoms with Crippen molar-refractivity contribution < 1.29 is 9.59 Å². The summed E-state index contributed by atoms with van der Waals surface area (Å²) in [6, 6.07) is 7.58. The maximum Gasteiger partial charge on any atom is 0.313 e. The highest BCUT2D eigenvalue weighted by atomic mass is 32.1. The topological polar surface area (TPSA) is 58.2 Å². The zero-order chi connectivity index (χ0) is 14.5. The lowest BCUT2D eigenvalue weighted by Crippen LogP contribution is -2.34. The van der Waals surface area contributed by atoms with Crippen molar-refractivity contribution in [2.24, 2.45) is 0 Å². The predicted molar refractivity (Wildman–Crippen MR) is 80.7 cm³/mol. The minimum Gasteiger partial charge on any atom is -0.344 e. The van der Waals surface area contributed by atoms with Crippen LogP contribution in [0, 0.1) is 13.8 Å². The van der Waals surface area contributed by atoms with Crippen molar-refractivity contribution in [2.45, 2.75) is 20.4 Å². The van der Waals surface area contributed by atoms with Crippen LogP contribution in [-0.2, 0) is 16.1 Å². The molecule has 2 aromatic rings. The van der Waals surface area contributed by atoms with E-state index in [9.17, 15) is 9.59 Å². The predicted octanol–water partition coefficient (Wildman–Crippen LogP) is 2.62. The highest BCUT2D eigenvalue weighted by Gasteiger charge is 2.13. The fraction of sp³-hybridized carbons (Fsp3) is 0.200. The van der Waals surface area contributed by atoms with E-state index < -0.39 is 11.8 Å². The van der Waals surface area contributed by atoms with Crippen LogP contribution in [0.2, 0.25) is 0 Å². The smallest absolute Gasteiger partial charge is 0.313 e. The van der Waals surface area contributed by atoms with E-state index in [0.29, 0.717) is 12.2 Å². The summed E-state index contributed by atoms with van der Waals surface area (Å²) >= 11 is 1.55. The number of rotatable bonds is 3. The fourth-order valence-corrected chi connectivity index (χ4v) is 2.56. The third-order valence-electron chi connectivity index (χ3n) is 2.72. The molecule has 0 saturated carbocycles. The summed E-state index contributed by atoms with van der Waals surface area (Å²) in [5.74, 6) is -1.28. The fourth-order valence-electron chi connectivity index (χ4n) is 1.89. The summed E-state index contributed by atoms with van der Waals surface area (Å²) in [4.78, 5) is 23.5. The van der Waals surface area contributed by atoms with Crippen LogP contribution in [0.25, 0.3) is 0 Å². The van der Waals surface area contributed by atoms with Gasteiger partial charge in [0.25, 0.3) is 0 Å². The maximum absolute atomic E-state index is 11.8. The number of amides is 2. The van der Waals surface area contributed by atoms with Crippen LogP contribution in [0.4, 0.5) is 5.69 Å². The van der Waals surface area contributed by atoms with E-state index in [2.05, 4.69) is 10.6 Å². The molecular weight excluding hydrogens is 272 g/mol. The summed E-state index contributed by atoms with van der Waals surface area (Å²) in [5.41, 5.74) is 3.71. The summed E-state index contributed by atoms with van der Waals surface area (Å²) in [6.07, 6.45) is 0. The number of carbonyl (C=O) groups is 2. The molecule has 4 nitrogen and oxygen atoms in total. The Hall–Kier alpha value is -2.14. The number of thiophene rings is 1. The molecule has 0 unspecified atom stereocenters. The SMILES string of the molecule is Cc1cc(C)cc(NC(=O)C(=O)NCc2ccsc2)c1. The second-order valence-electron chi connectivity index (χ2n) is 4.64. The molecule has 0 fully saturated rings. The molecule has 2 amide bonds. The summed E-state index contributed by atoms with van der Waals surface area (Å²) < 4.78 is 0. The molecule has 5 heteroatoms. The van der Waals surface area contributed by atoms with Gasteiger partial charge in [-0.25, -0.2) is 0 Å². The molecule has 1 aromatic carbocycles. The lowest BCUT2D eigenvalue weighted by molar-refractivity contribution is -0.136. The van der Waals surface area contributed by atoms with Crippen molar-refractivity contribution in [3.05, 3.63) is 51.7 Å². The van der Waals surface area contributed by atoms with E-state index in [0.717, 1.165) is 16.7 Å². The molecule has 1 aromatic heterocycles. The summed E-state index contributed by atoms with van der Waals surface area (Å²) in [7, 11) is 0. The minimum atomic E-state index is -0.648. The standard InChI is InChI=1S/C15H16N2O2S/c1-10-5-11(2)7-13(6-10)17-15(19)14(18)16-8-12-3-4-20-9-12/h3-7,9H,8H2,1-2H3,(H,16,18)(H,17,19). The largest absolute Gasteiger partial charge is 0.344 e. The van der Waals surface area contributed by atoms with Crippen LogP contribution in [0.1, 0.15) is 16.7 Å². The van der Waals surface area contributed by atoms with Gasteiger partial charge in [-0.3, -0.25) is 9.59 Å². The van der Waals surface area contributed by atoms with E-state index in [1.54, 1.807) is 11.3 Å². The quantitative estimate of drug-likeness (QED) is 0.853. The molecule has 1 heterocycles. The zero-order valence-electron chi connectivity index (χ0n) is 11.4. The highest BCUT2D eigenvalue weighted by Crippen LogP contribution is 2.13. The molecule has 0 aliphatic rings. The Balaban J connectivity index is 1.92. The van der Waals surface area contributed by atoms with Crippen molar-refractivity contribution >= 4 is 28.8 Å². The average Bonchev–Trinajstić information content (AvgIpc) is 2.87. The van der Waals surface area contributed by atoms with Gasteiger partial charge in [0.15, 0.2) is 0 Å². The Kier molecular flexibility index (Phi) is 4.53. The second kappa shape index (κ2) is 6.34. The van der Waals surface area contributed by atoms with Crippen LogP contribution >= 0.6 is 11.3 Å². The molecule has 0 saturated heterocycles. The van der Waals surface area contributed by atoms with Gasteiger partial charge in [0, 0.05) is 12.2 Å². The minimum absolute atomic E-state index is 0.364. The van der Waals surface area contributed by atoms with Crippen molar-refractivity contribution in [3.63, 3.8) is 0 Å². The summed E-state index contributed by atoms with van der Waals surface area (Å²) in [5, 5.41) is 9.06. The van der Waals surface area contributed by atoms with Gasteiger partial charge in [-0.05, 0) is 59.5 Å². The van der Waals surface area contributed by atoms with Crippen LogP contribution in [0.5, 0.6) is 0 Å². The van der Waals surface area contributed by atoms with Crippen molar-refractivity contribution in [2.75, 3.05) is 5.32 Å². The van der Waals surface area contributed by atoms with Crippen molar-refractivity contribution in [3.8, 4) is 0 Å². The number of hydrogen-bond donors (Lipinski definition) is 2. The second-order valence-corrected chi connectivity index (χ2v) is 5.42. The molecular formula is C15H16N2O2S. The van der Waals surface area contributed by atoms with Crippen LogP contribution in [0.3, 0.4) is 0 Å². The molecule has 0 aliphatic carbocycles. The molecule has 2 N–H and O–H groups in total. The first kappa shape index (κ1) is 14.3. The third-order valence-corrected chi connectivity index (χ3v) is 3.45. The number of nitrogens with one attached hydrogen (secondary N) is 2. The first-order valence-electron chi connectivity index (χ1n) is 6.23. The normalized spacial score (nSPS) is 10.1. The lowest BCUT2D eigenvalue weighted by atomic mass is 10.1. The number of carbonyl (C=O) groups excluding carboxylic acids is 2. The van der Waals surface area contributed by atoms with Crippen LogP contribution in [-0.4, -0.2) is 11.8 Å². The van der Waals surface area contributed by atoms with E-state index in [4.69, 9.17) is 0 Å². The third kappa shape index (κ3) is 3.93. The Morgan fingerprint density at radius 3 is 2.40 bits per heavy atom. The molecule has 0 bridgehead atoms. The number of anilines is 1. The van der Waals surface area contributed by atoms with E-state index in [1.807, 2.05) is 48.9 Å². The van der Waals surface area contributed by atoms with Gasteiger partial charge in [-0.15, -0.1) is 0 Å². The van der Waals surface area contributed by atoms with Crippen molar-refractivity contribution in [1.29, 1.82) is 0 Å². The van der Waals surface area contributed by atoms with Gasteiger partial charge in [0.05, 0.1) is 0 Å². The Labute approximate surface area is 121 Å². The van der Waals surface area contributed by atoms with E-state index >= 15 is 0 Å². The first-order valence-corrected chi connectivity index (χ1v) is 7.17. The maximum atomic E-state index is 11.8. The number of hydrogen-bond acceptors (Lipinski definition) is 3. The van der Waals surface area contributed by atoms with E-state index in [1.165, 1.54) is 0 Å². The van der Waals surface area contributed by atoms with E-state index in [-0.39, 0.29) is 0 Å². The van der Waals surface area contributed by atoms with Crippen molar-refractivity contribution in [1.82, 2.24) is 5.32 Å². The van der Waals surface area contributed by atoms with Gasteiger partial charge in [0.2, 0.25) is 0 Å². The molecule has 0 atom stereocenters. The van der Waals surface area contributed by atoms with Gasteiger partial charge >= 0.3 is 11.8 Å². The Morgan fingerprint density at radius 2 is 1.80 bits per heavy atom. The first-order chi connectivity index (χ1) is 9.54. The molecule has 0 radical (unpaired) electrons. The lowest BCUT2D eigenvalue weighted by Gasteiger charge is -2.07. The molecule has 20 heavy (non-hydrogen) atoms. The van der Waals surface area contributed by atoms with Gasteiger partial charge in [-0.1, -0.05) is 6.07 Å². The zero-order valence-corrected chi connectivity index (χ0v) is 12.2. The Morgan fingerprint density at radius 1 is 1.10 bits per heavy atom. The van der Waals surface area contributed by atoms with Crippen LogP contribution in [0.15, 0.2) is 35.0 Å². The molecule has 0 aliphatic heterocycles. The Bertz CT molecular complexity index is 601. The number of benzene rings is 1. The van der Waals surface area contributed by atoms with Gasteiger partial charge in [0.1, 0.15) is 0 Å². The van der Waals surface area contributed by atoms with Gasteiger partial charge < -0.3 is 10.6 Å². The monoisotopic (exact) mass is 288 g/mol. The van der Waals surface area contributed by atoms with Gasteiger partial charge in [-0.2, -0.15) is 11.3 Å². The average molecular weight is 288 g/mol. The summed E-state index contributed by atoms with van der Waals surface area (Å²) in [6.45, 7) is 4.25. The number of aryl methyl sites for hydroxylation is 2.